The van der Waals surface area contributed by atoms with Crippen LogP contribution in [-0.4, -0.2) is 40.6 Å². The third kappa shape index (κ3) is 20.7. The van der Waals surface area contributed by atoms with Gasteiger partial charge in [-0.2, -0.15) is 0 Å². The van der Waals surface area contributed by atoms with Crippen LogP contribution < -0.4 is 0 Å². The van der Waals surface area contributed by atoms with Crippen molar-refractivity contribution in [2.45, 2.75) is 84.0 Å². The Bertz CT molecular complexity index is 215. The molecule has 0 spiro atoms. The second kappa shape index (κ2) is 18.2. The van der Waals surface area contributed by atoms with Gasteiger partial charge in [-0.25, -0.2) is 0 Å². The largest absolute Gasteiger partial charge is 0.481 e. The van der Waals surface area contributed by atoms with Gasteiger partial charge < -0.3 is 5.11 Å². The summed E-state index contributed by atoms with van der Waals surface area (Å²) in [6, 6.07) is 0. The van der Waals surface area contributed by atoms with Crippen LogP contribution in [0.4, 0.5) is 0 Å². The van der Waals surface area contributed by atoms with Crippen molar-refractivity contribution >= 4 is 35.5 Å². The van der Waals surface area contributed by atoms with E-state index in [9.17, 15) is 4.79 Å². The summed E-state index contributed by atoms with van der Waals surface area (Å²) in [6.07, 6.45) is 18.3. The number of rotatable bonds is 13. The molecule has 0 aromatic carbocycles. The number of allylic oxidation sites excluding steroid dienone is 2. The van der Waals surface area contributed by atoms with E-state index in [2.05, 4.69) is 19.1 Å². The molecular formula is C16H30NaO2. The predicted octanol–water partition coefficient (Wildman–Crippen LogP) is 4.95. The van der Waals surface area contributed by atoms with Crippen molar-refractivity contribution in [1.82, 2.24) is 0 Å². The Balaban J connectivity index is 0. The van der Waals surface area contributed by atoms with Crippen LogP contribution in [0.25, 0.3) is 0 Å². The Hall–Kier alpha value is 0.210. The van der Waals surface area contributed by atoms with Gasteiger partial charge >= 0.3 is 5.97 Å². The van der Waals surface area contributed by atoms with E-state index in [-0.39, 0.29) is 29.6 Å². The van der Waals surface area contributed by atoms with Crippen LogP contribution in [0.3, 0.4) is 0 Å². The summed E-state index contributed by atoms with van der Waals surface area (Å²) in [5.74, 6) is -0.666. The summed E-state index contributed by atoms with van der Waals surface area (Å²) in [7, 11) is 0. The minimum atomic E-state index is -0.666. The van der Waals surface area contributed by atoms with E-state index in [4.69, 9.17) is 5.11 Å². The number of hydrogen-bond donors (Lipinski definition) is 1. The molecule has 0 aromatic heterocycles. The first-order valence-corrected chi connectivity index (χ1v) is 7.64. The predicted molar refractivity (Wildman–Crippen MR) is 83.6 cm³/mol. The van der Waals surface area contributed by atoms with Crippen LogP contribution in [0.15, 0.2) is 12.2 Å². The molecule has 0 aromatic rings. The number of carbonyl (C=O) groups is 1. The van der Waals surface area contributed by atoms with Gasteiger partial charge in [0.15, 0.2) is 0 Å². The average molecular weight is 277 g/mol. The molecule has 0 amide bonds. The summed E-state index contributed by atoms with van der Waals surface area (Å²) in [5.41, 5.74) is 0. The average Bonchev–Trinajstić information content (AvgIpc) is 2.34. The quantitative estimate of drug-likeness (QED) is 0.294. The van der Waals surface area contributed by atoms with E-state index >= 15 is 0 Å². The first-order valence-electron chi connectivity index (χ1n) is 7.64. The smallest absolute Gasteiger partial charge is 0.303 e. The van der Waals surface area contributed by atoms with Gasteiger partial charge in [-0.15, -0.1) is 0 Å². The first-order chi connectivity index (χ1) is 8.77. The molecule has 1 N–H and O–H groups in total. The third-order valence-electron chi connectivity index (χ3n) is 3.15. The molecule has 0 saturated heterocycles. The molecule has 0 saturated carbocycles. The van der Waals surface area contributed by atoms with E-state index < -0.39 is 5.97 Å². The zero-order valence-corrected chi connectivity index (χ0v) is 15.0. The molecule has 0 rings (SSSR count). The minimum Gasteiger partial charge on any atom is -0.481 e. The fourth-order valence-electron chi connectivity index (χ4n) is 1.99. The molecule has 0 atom stereocenters. The van der Waals surface area contributed by atoms with E-state index in [1.54, 1.807) is 0 Å². The van der Waals surface area contributed by atoms with Crippen LogP contribution in [0.5, 0.6) is 0 Å². The maximum absolute atomic E-state index is 10.3. The van der Waals surface area contributed by atoms with Gasteiger partial charge in [-0.05, 0) is 32.1 Å². The van der Waals surface area contributed by atoms with Gasteiger partial charge in [0.1, 0.15) is 0 Å². The molecule has 0 unspecified atom stereocenters. The van der Waals surface area contributed by atoms with E-state index in [0.717, 1.165) is 12.8 Å². The van der Waals surface area contributed by atoms with Gasteiger partial charge in [-0.3, -0.25) is 4.79 Å². The Morgan fingerprint density at radius 1 is 0.842 bits per heavy atom. The van der Waals surface area contributed by atoms with Gasteiger partial charge in [0.05, 0.1) is 0 Å². The Morgan fingerprint density at radius 3 is 1.84 bits per heavy atom. The fourth-order valence-corrected chi connectivity index (χ4v) is 1.99. The van der Waals surface area contributed by atoms with Crippen molar-refractivity contribution in [3.63, 3.8) is 0 Å². The summed E-state index contributed by atoms with van der Waals surface area (Å²) >= 11 is 0. The van der Waals surface area contributed by atoms with Crippen LogP contribution in [-0.2, 0) is 4.79 Å². The number of aliphatic carboxylic acids is 1. The first kappa shape index (κ1) is 21.5. The summed E-state index contributed by atoms with van der Waals surface area (Å²) in [4.78, 5) is 10.3. The maximum atomic E-state index is 10.3. The van der Waals surface area contributed by atoms with Crippen molar-refractivity contribution in [2.75, 3.05) is 0 Å². The molecule has 0 aliphatic rings. The Morgan fingerprint density at radius 2 is 1.32 bits per heavy atom. The monoisotopic (exact) mass is 277 g/mol. The van der Waals surface area contributed by atoms with E-state index in [1.165, 1.54) is 57.8 Å². The summed E-state index contributed by atoms with van der Waals surface area (Å²) < 4.78 is 0. The van der Waals surface area contributed by atoms with Crippen LogP contribution in [0, 0.1) is 0 Å². The molecule has 0 aliphatic carbocycles. The SMILES string of the molecule is CCCCCC/C=C\CCCCCCCC(=O)O.[Na]. The van der Waals surface area contributed by atoms with Crippen LogP contribution in [0.2, 0.25) is 0 Å². The Labute approximate surface area is 141 Å². The molecule has 0 fully saturated rings. The molecule has 3 heteroatoms. The van der Waals surface area contributed by atoms with Crippen LogP contribution >= 0.6 is 0 Å². The van der Waals surface area contributed by atoms with Crippen molar-refractivity contribution in [3.05, 3.63) is 12.2 Å². The van der Waals surface area contributed by atoms with E-state index in [0.29, 0.717) is 6.42 Å². The number of carboxylic acid groups (broad SMARTS) is 1. The molecule has 0 aliphatic heterocycles. The van der Waals surface area contributed by atoms with Crippen molar-refractivity contribution in [3.8, 4) is 0 Å². The third-order valence-corrected chi connectivity index (χ3v) is 3.15. The summed E-state index contributed by atoms with van der Waals surface area (Å²) in [5, 5.41) is 8.48. The number of hydrogen-bond acceptors (Lipinski definition) is 1. The topological polar surface area (TPSA) is 37.3 Å². The number of unbranched alkanes of at least 4 members (excludes halogenated alkanes) is 9. The molecule has 0 heterocycles. The van der Waals surface area contributed by atoms with Gasteiger partial charge in [-0.1, -0.05) is 57.6 Å². The number of carboxylic acids is 1. The van der Waals surface area contributed by atoms with Crippen molar-refractivity contribution < 1.29 is 9.90 Å². The maximum Gasteiger partial charge on any atom is 0.303 e. The van der Waals surface area contributed by atoms with Gasteiger partial charge in [0.2, 0.25) is 0 Å². The van der Waals surface area contributed by atoms with Crippen molar-refractivity contribution in [1.29, 1.82) is 0 Å². The molecule has 2 nitrogen and oxygen atoms in total. The zero-order valence-electron chi connectivity index (χ0n) is 13.0. The normalized spacial score (nSPS) is 10.6. The summed E-state index contributed by atoms with van der Waals surface area (Å²) in [6.45, 7) is 2.24. The second-order valence-corrected chi connectivity index (χ2v) is 5.02. The van der Waals surface area contributed by atoms with Gasteiger partial charge in [0.25, 0.3) is 0 Å². The minimum absolute atomic E-state index is 0. The second-order valence-electron chi connectivity index (χ2n) is 5.02. The Kier molecular flexibility index (Phi) is 20.6. The molecule has 0 bridgehead atoms. The zero-order chi connectivity index (χ0) is 13.5. The van der Waals surface area contributed by atoms with Gasteiger partial charge in [0, 0.05) is 36.0 Å². The molecule has 107 valence electrons. The van der Waals surface area contributed by atoms with E-state index in [1.807, 2.05) is 0 Å². The van der Waals surface area contributed by atoms with Crippen molar-refractivity contribution in [2.24, 2.45) is 0 Å². The molecule has 1 radical (unpaired) electrons. The van der Waals surface area contributed by atoms with Crippen LogP contribution in [0.1, 0.15) is 84.0 Å². The molecular weight excluding hydrogens is 247 g/mol. The molecule has 19 heavy (non-hydrogen) atoms. The standard InChI is InChI=1S/C16H30O2.Na/c1-2-3-4-5-6-7-8-9-10-11-12-13-14-15-16(17)18;/h7-8H,2-6,9-15H2,1H3,(H,17,18);/b8-7-;. The fraction of sp³-hybridized carbons (Fsp3) is 0.812.